The van der Waals surface area contributed by atoms with Gasteiger partial charge < -0.3 is 4.90 Å². The summed E-state index contributed by atoms with van der Waals surface area (Å²) in [6.45, 7) is 5.47. The summed E-state index contributed by atoms with van der Waals surface area (Å²) in [5.41, 5.74) is 0. The Labute approximate surface area is 126 Å². The summed E-state index contributed by atoms with van der Waals surface area (Å²) in [5, 5.41) is 0.0149. The summed E-state index contributed by atoms with van der Waals surface area (Å²) >= 11 is 9.13. The van der Waals surface area contributed by atoms with Crippen LogP contribution in [0.3, 0.4) is 0 Å². The third-order valence-electron chi connectivity index (χ3n) is 3.17. The number of aromatic nitrogens is 1. The lowest BCUT2D eigenvalue weighted by Gasteiger charge is -2.33. The Morgan fingerprint density at radius 3 is 2.58 bits per heavy atom. The van der Waals surface area contributed by atoms with Crippen molar-refractivity contribution >= 4 is 37.6 Å². The minimum absolute atomic E-state index is 0.0149. The second-order valence-electron chi connectivity index (χ2n) is 4.28. The van der Waals surface area contributed by atoms with Gasteiger partial charge >= 0.3 is 0 Å². The van der Waals surface area contributed by atoms with E-state index in [0.29, 0.717) is 17.6 Å². The van der Waals surface area contributed by atoms with Crippen molar-refractivity contribution in [2.24, 2.45) is 0 Å². The van der Waals surface area contributed by atoms with Crippen LogP contribution in [0.2, 0.25) is 5.15 Å². The lowest BCUT2D eigenvalue weighted by molar-refractivity contribution is 0.196. The van der Waals surface area contributed by atoms with Crippen molar-refractivity contribution in [2.45, 2.75) is 11.8 Å². The summed E-state index contributed by atoms with van der Waals surface area (Å²) < 4.78 is 27.1. The molecule has 0 N–H and O–H groups in total. The Balaban J connectivity index is 2.26. The zero-order valence-corrected chi connectivity index (χ0v) is 13.7. The average molecular weight is 369 g/mol. The molecule has 1 fully saturated rings. The second kappa shape index (κ2) is 6.05. The third kappa shape index (κ3) is 3.28. The molecule has 2 rings (SSSR count). The quantitative estimate of drug-likeness (QED) is 0.764. The fourth-order valence-corrected chi connectivity index (χ4v) is 4.35. The van der Waals surface area contributed by atoms with Gasteiger partial charge in [0.25, 0.3) is 0 Å². The minimum atomic E-state index is -3.56. The van der Waals surface area contributed by atoms with Gasteiger partial charge in [-0.25, -0.2) is 13.4 Å². The van der Waals surface area contributed by atoms with E-state index in [-0.39, 0.29) is 10.0 Å². The molecule has 0 saturated carbocycles. The van der Waals surface area contributed by atoms with Crippen molar-refractivity contribution in [1.29, 1.82) is 0 Å². The summed E-state index contributed by atoms with van der Waals surface area (Å²) in [5.74, 6) is 0. The van der Waals surface area contributed by atoms with Crippen molar-refractivity contribution in [3.63, 3.8) is 0 Å². The van der Waals surface area contributed by atoms with Crippen LogP contribution >= 0.6 is 27.5 Å². The molecular weight excluding hydrogens is 354 g/mol. The molecule has 0 aliphatic carbocycles. The van der Waals surface area contributed by atoms with Crippen LogP contribution in [0.1, 0.15) is 6.92 Å². The third-order valence-corrected chi connectivity index (χ3v) is 5.93. The lowest BCUT2D eigenvalue weighted by atomic mass is 10.4. The van der Waals surface area contributed by atoms with Crippen LogP contribution < -0.4 is 0 Å². The summed E-state index contributed by atoms with van der Waals surface area (Å²) in [6, 6.07) is 1.50. The molecule has 0 spiro atoms. The molecule has 0 radical (unpaired) electrons. The fraction of sp³-hybridized carbons (Fsp3) is 0.545. The Kier molecular flexibility index (Phi) is 4.84. The van der Waals surface area contributed by atoms with Gasteiger partial charge in [0.15, 0.2) is 0 Å². The van der Waals surface area contributed by atoms with Crippen molar-refractivity contribution in [2.75, 3.05) is 32.7 Å². The number of hydrogen-bond acceptors (Lipinski definition) is 4. The van der Waals surface area contributed by atoms with Crippen LogP contribution in [0.15, 0.2) is 21.6 Å². The first-order chi connectivity index (χ1) is 8.95. The number of rotatable bonds is 3. The normalized spacial score (nSPS) is 18.7. The van der Waals surface area contributed by atoms with Crippen LogP contribution in [0, 0.1) is 0 Å². The zero-order valence-electron chi connectivity index (χ0n) is 10.5. The van der Waals surface area contributed by atoms with Gasteiger partial charge in [0.05, 0.1) is 0 Å². The fourth-order valence-electron chi connectivity index (χ4n) is 2.01. The van der Waals surface area contributed by atoms with Gasteiger partial charge in [-0.1, -0.05) is 18.5 Å². The lowest BCUT2D eigenvalue weighted by Crippen LogP contribution is -2.48. The maximum atomic E-state index is 12.5. The van der Waals surface area contributed by atoms with Crippen LogP contribution in [-0.2, 0) is 10.0 Å². The number of pyridine rings is 1. The molecule has 8 heteroatoms. The molecular formula is C11H15BrClN3O2S. The largest absolute Gasteiger partial charge is 0.301 e. The van der Waals surface area contributed by atoms with Crippen molar-refractivity contribution < 1.29 is 8.42 Å². The molecule has 106 valence electrons. The maximum Gasteiger partial charge on any atom is 0.246 e. The maximum absolute atomic E-state index is 12.5. The number of piperazine rings is 1. The molecule has 2 heterocycles. The first-order valence-electron chi connectivity index (χ1n) is 5.98. The van der Waals surface area contributed by atoms with Crippen molar-refractivity contribution in [1.82, 2.24) is 14.2 Å². The van der Waals surface area contributed by atoms with Crippen LogP contribution in [0.4, 0.5) is 0 Å². The van der Waals surface area contributed by atoms with E-state index in [1.54, 1.807) is 0 Å². The van der Waals surface area contributed by atoms with E-state index in [2.05, 4.69) is 32.7 Å². The smallest absolute Gasteiger partial charge is 0.246 e. The van der Waals surface area contributed by atoms with Crippen LogP contribution in [0.5, 0.6) is 0 Å². The highest BCUT2D eigenvalue weighted by Crippen LogP contribution is 2.26. The Bertz CT molecular complexity index is 559. The van der Waals surface area contributed by atoms with Gasteiger partial charge in [-0.3, -0.25) is 0 Å². The molecule has 0 aromatic carbocycles. The number of halogens is 2. The standard InChI is InChI=1S/C11H15BrClN3O2S/c1-2-15-3-5-16(6-4-15)19(17,18)10-7-9(12)8-14-11(10)13/h7-8H,2-6H2,1H3. The van der Waals surface area contributed by atoms with Gasteiger partial charge in [0.2, 0.25) is 10.0 Å². The zero-order chi connectivity index (χ0) is 14.0. The second-order valence-corrected chi connectivity index (χ2v) is 7.46. The van der Waals surface area contributed by atoms with E-state index in [9.17, 15) is 8.42 Å². The van der Waals surface area contributed by atoms with E-state index in [0.717, 1.165) is 19.6 Å². The van der Waals surface area contributed by atoms with Gasteiger partial charge in [-0.2, -0.15) is 4.31 Å². The number of sulfonamides is 1. The molecule has 1 saturated heterocycles. The molecule has 0 unspecified atom stereocenters. The van der Waals surface area contributed by atoms with E-state index >= 15 is 0 Å². The predicted octanol–water partition coefficient (Wildman–Crippen LogP) is 1.82. The van der Waals surface area contributed by atoms with E-state index in [4.69, 9.17) is 11.6 Å². The molecule has 0 amide bonds. The average Bonchev–Trinajstić information content (AvgIpc) is 2.41. The van der Waals surface area contributed by atoms with E-state index in [1.165, 1.54) is 16.6 Å². The van der Waals surface area contributed by atoms with Gasteiger partial charge in [0.1, 0.15) is 10.0 Å². The van der Waals surface area contributed by atoms with Gasteiger partial charge in [-0.15, -0.1) is 0 Å². The van der Waals surface area contributed by atoms with Crippen LogP contribution in [0.25, 0.3) is 0 Å². The molecule has 0 bridgehead atoms. The number of nitrogens with zero attached hydrogens (tertiary/aromatic N) is 3. The van der Waals surface area contributed by atoms with E-state index in [1.807, 2.05) is 0 Å². The molecule has 5 nitrogen and oxygen atoms in total. The van der Waals surface area contributed by atoms with Crippen molar-refractivity contribution in [3.05, 3.63) is 21.9 Å². The SMILES string of the molecule is CCN1CCN(S(=O)(=O)c2cc(Br)cnc2Cl)CC1. The molecule has 1 aliphatic rings. The topological polar surface area (TPSA) is 53.5 Å². The highest BCUT2D eigenvalue weighted by molar-refractivity contribution is 9.10. The highest BCUT2D eigenvalue weighted by Gasteiger charge is 2.30. The Morgan fingerprint density at radius 2 is 2.00 bits per heavy atom. The first-order valence-corrected chi connectivity index (χ1v) is 8.60. The monoisotopic (exact) mass is 367 g/mol. The molecule has 0 atom stereocenters. The minimum Gasteiger partial charge on any atom is -0.301 e. The highest BCUT2D eigenvalue weighted by atomic mass is 79.9. The van der Waals surface area contributed by atoms with Crippen molar-refractivity contribution in [3.8, 4) is 0 Å². The summed E-state index contributed by atoms with van der Waals surface area (Å²) in [6.07, 6.45) is 1.48. The number of likely N-dealkylation sites (N-methyl/N-ethyl adjacent to an activating group) is 1. The summed E-state index contributed by atoms with van der Waals surface area (Å²) in [4.78, 5) is 6.15. The van der Waals surface area contributed by atoms with Crippen LogP contribution in [-0.4, -0.2) is 55.3 Å². The molecule has 1 aromatic rings. The molecule has 19 heavy (non-hydrogen) atoms. The first kappa shape index (κ1) is 15.2. The molecule has 1 aromatic heterocycles. The predicted molar refractivity (Wildman–Crippen MR) is 77.8 cm³/mol. The Morgan fingerprint density at radius 1 is 1.37 bits per heavy atom. The Hall–Kier alpha value is -0.210. The molecule has 1 aliphatic heterocycles. The summed E-state index contributed by atoms with van der Waals surface area (Å²) in [7, 11) is -3.56. The van der Waals surface area contributed by atoms with Gasteiger partial charge in [-0.05, 0) is 28.5 Å². The van der Waals surface area contributed by atoms with E-state index < -0.39 is 10.0 Å². The number of hydrogen-bond donors (Lipinski definition) is 0. The van der Waals surface area contributed by atoms with Gasteiger partial charge in [0, 0.05) is 36.8 Å².